The molecule has 2 nitrogen and oxygen atoms in total. The minimum absolute atomic E-state index is 0.377. The molecule has 1 atom stereocenters. The summed E-state index contributed by atoms with van der Waals surface area (Å²) in [6.45, 7) is 3.76. The molecule has 0 heterocycles. The van der Waals surface area contributed by atoms with Gasteiger partial charge < -0.3 is 10.0 Å². The smallest absolute Gasteiger partial charge is 0.0459 e. The molecule has 0 aliphatic heterocycles. The molecule has 14 heavy (non-hydrogen) atoms. The Morgan fingerprint density at radius 3 is 2.21 bits per heavy atom. The summed E-state index contributed by atoms with van der Waals surface area (Å²) in [4.78, 5) is 2.22. The van der Waals surface area contributed by atoms with Crippen molar-refractivity contribution in [2.45, 2.75) is 45.4 Å². The molecule has 0 saturated carbocycles. The van der Waals surface area contributed by atoms with Crippen LogP contribution in [0.2, 0.25) is 0 Å². The van der Waals surface area contributed by atoms with Gasteiger partial charge in [-0.1, -0.05) is 26.2 Å². The third kappa shape index (κ3) is 8.52. The molecule has 0 bridgehead atoms. The molecule has 86 valence electrons. The lowest BCUT2D eigenvalue weighted by Crippen LogP contribution is -2.13. The highest BCUT2D eigenvalue weighted by Crippen LogP contribution is 2.15. The summed E-state index contributed by atoms with van der Waals surface area (Å²) in [6.07, 6.45) is 7.43. The van der Waals surface area contributed by atoms with Gasteiger partial charge in [0, 0.05) is 6.61 Å². The van der Waals surface area contributed by atoms with Gasteiger partial charge >= 0.3 is 0 Å². The van der Waals surface area contributed by atoms with Crippen molar-refractivity contribution in [3.8, 4) is 0 Å². The van der Waals surface area contributed by atoms with Gasteiger partial charge in [0.15, 0.2) is 0 Å². The van der Waals surface area contributed by atoms with Crippen molar-refractivity contribution in [2.75, 3.05) is 27.2 Å². The predicted molar refractivity (Wildman–Crippen MR) is 62.5 cm³/mol. The fourth-order valence-electron chi connectivity index (χ4n) is 1.68. The Kier molecular flexibility index (Phi) is 9.42. The van der Waals surface area contributed by atoms with Crippen LogP contribution in [0.15, 0.2) is 0 Å². The summed E-state index contributed by atoms with van der Waals surface area (Å²) in [5.41, 5.74) is 0. The average molecular weight is 201 g/mol. The van der Waals surface area contributed by atoms with E-state index in [4.69, 9.17) is 5.11 Å². The van der Waals surface area contributed by atoms with Crippen LogP contribution in [0, 0.1) is 5.92 Å². The molecule has 0 aromatic rings. The number of hydrogen-bond acceptors (Lipinski definition) is 2. The van der Waals surface area contributed by atoms with Gasteiger partial charge in [0.25, 0.3) is 0 Å². The van der Waals surface area contributed by atoms with Crippen LogP contribution in [0.25, 0.3) is 0 Å². The SMILES string of the molecule is CCCC[C@@H](CO)CCCCN(C)C. The molecule has 0 amide bonds. The van der Waals surface area contributed by atoms with E-state index < -0.39 is 0 Å². The number of hydrogen-bond donors (Lipinski definition) is 1. The molecule has 0 unspecified atom stereocenters. The van der Waals surface area contributed by atoms with Gasteiger partial charge in [-0.05, 0) is 45.8 Å². The van der Waals surface area contributed by atoms with Crippen LogP contribution in [-0.2, 0) is 0 Å². The summed E-state index contributed by atoms with van der Waals surface area (Å²) in [6, 6.07) is 0. The molecule has 2 heteroatoms. The van der Waals surface area contributed by atoms with Crippen molar-refractivity contribution in [1.29, 1.82) is 0 Å². The molecule has 0 fully saturated rings. The van der Waals surface area contributed by atoms with Gasteiger partial charge in [-0.15, -0.1) is 0 Å². The van der Waals surface area contributed by atoms with Gasteiger partial charge in [0.05, 0.1) is 0 Å². The first-order valence-corrected chi connectivity index (χ1v) is 5.96. The molecule has 0 aromatic heterocycles. The molecule has 1 N–H and O–H groups in total. The second-order valence-electron chi connectivity index (χ2n) is 4.49. The Morgan fingerprint density at radius 2 is 1.71 bits per heavy atom. The van der Waals surface area contributed by atoms with Crippen LogP contribution in [0.4, 0.5) is 0 Å². The van der Waals surface area contributed by atoms with E-state index in [9.17, 15) is 0 Å². The van der Waals surface area contributed by atoms with E-state index in [0.29, 0.717) is 12.5 Å². The van der Waals surface area contributed by atoms with Gasteiger partial charge in [-0.2, -0.15) is 0 Å². The zero-order valence-electron chi connectivity index (χ0n) is 10.1. The molecule has 0 aromatic carbocycles. The first-order chi connectivity index (χ1) is 6.70. The maximum atomic E-state index is 9.15. The van der Waals surface area contributed by atoms with Crippen LogP contribution >= 0.6 is 0 Å². The highest BCUT2D eigenvalue weighted by molar-refractivity contribution is 4.58. The van der Waals surface area contributed by atoms with E-state index >= 15 is 0 Å². The van der Waals surface area contributed by atoms with Crippen LogP contribution in [0.1, 0.15) is 45.4 Å². The largest absolute Gasteiger partial charge is 0.396 e. The van der Waals surface area contributed by atoms with E-state index in [1.165, 1.54) is 45.1 Å². The number of aliphatic hydroxyl groups is 1. The highest BCUT2D eigenvalue weighted by Gasteiger charge is 2.06. The first-order valence-electron chi connectivity index (χ1n) is 5.96. The second kappa shape index (κ2) is 9.47. The normalized spacial score (nSPS) is 13.5. The van der Waals surface area contributed by atoms with E-state index in [2.05, 4.69) is 25.9 Å². The lowest BCUT2D eigenvalue weighted by Gasteiger charge is -2.14. The molecule has 0 rings (SSSR count). The summed E-state index contributed by atoms with van der Waals surface area (Å²) in [5.74, 6) is 0.553. The van der Waals surface area contributed by atoms with E-state index in [0.717, 1.165) is 0 Å². The minimum atomic E-state index is 0.377. The van der Waals surface area contributed by atoms with Crippen LogP contribution in [0.3, 0.4) is 0 Å². The average Bonchev–Trinajstić information content (AvgIpc) is 2.16. The van der Waals surface area contributed by atoms with Crippen molar-refractivity contribution in [2.24, 2.45) is 5.92 Å². The zero-order valence-corrected chi connectivity index (χ0v) is 10.1. The third-order valence-electron chi connectivity index (χ3n) is 2.69. The van der Waals surface area contributed by atoms with E-state index in [1.54, 1.807) is 0 Å². The zero-order chi connectivity index (χ0) is 10.8. The molecule has 0 saturated heterocycles. The molecular weight excluding hydrogens is 174 g/mol. The molecular formula is C12H27NO. The Labute approximate surface area is 89.3 Å². The molecule has 0 radical (unpaired) electrons. The number of unbranched alkanes of at least 4 members (excludes halogenated alkanes) is 2. The maximum absolute atomic E-state index is 9.15. The quantitative estimate of drug-likeness (QED) is 0.579. The monoisotopic (exact) mass is 201 g/mol. The van der Waals surface area contributed by atoms with E-state index in [-0.39, 0.29) is 0 Å². The van der Waals surface area contributed by atoms with Gasteiger partial charge in [-0.25, -0.2) is 0 Å². The number of aliphatic hydroxyl groups excluding tert-OH is 1. The predicted octanol–water partition coefficient (Wildman–Crippen LogP) is 2.52. The minimum Gasteiger partial charge on any atom is -0.396 e. The van der Waals surface area contributed by atoms with Crippen molar-refractivity contribution < 1.29 is 5.11 Å². The Bertz CT molecular complexity index is 115. The van der Waals surface area contributed by atoms with Crippen molar-refractivity contribution in [3.05, 3.63) is 0 Å². The highest BCUT2D eigenvalue weighted by atomic mass is 16.3. The standard InChI is InChI=1S/C12H27NO/c1-4-5-8-12(11-14)9-6-7-10-13(2)3/h12,14H,4-11H2,1-3H3/t12-/m1/s1. The van der Waals surface area contributed by atoms with Gasteiger partial charge in [-0.3, -0.25) is 0 Å². The van der Waals surface area contributed by atoms with Gasteiger partial charge in [0.1, 0.15) is 0 Å². The summed E-state index contributed by atoms with van der Waals surface area (Å²) < 4.78 is 0. The fraction of sp³-hybridized carbons (Fsp3) is 1.00. The maximum Gasteiger partial charge on any atom is 0.0459 e. The lowest BCUT2D eigenvalue weighted by atomic mass is 9.97. The molecule has 0 aliphatic rings. The molecule has 0 spiro atoms. The molecule has 0 aliphatic carbocycles. The van der Waals surface area contributed by atoms with Crippen molar-refractivity contribution >= 4 is 0 Å². The summed E-state index contributed by atoms with van der Waals surface area (Å²) >= 11 is 0. The Hall–Kier alpha value is -0.0800. The summed E-state index contributed by atoms with van der Waals surface area (Å²) in [5, 5.41) is 9.15. The lowest BCUT2D eigenvalue weighted by molar-refractivity contribution is 0.204. The van der Waals surface area contributed by atoms with E-state index in [1.807, 2.05) is 0 Å². The van der Waals surface area contributed by atoms with Crippen molar-refractivity contribution in [3.63, 3.8) is 0 Å². The third-order valence-corrected chi connectivity index (χ3v) is 2.69. The topological polar surface area (TPSA) is 23.5 Å². The van der Waals surface area contributed by atoms with Crippen molar-refractivity contribution in [1.82, 2.24) is 4.90 Å². The van der Waals surface area contributed by atoms with Crippen LogP contribution in [0.5, 0.6) is 0 Å². The number of rotatable bonds is 9. The summed E-state index contributed by atoms with van der Waals surface area (Å²) in [7, 11) is 4.22. The Balaban J connectivity index is 3.33. The first kappa shape index (κ1) is 13.9. The Morgan fingerprint density at radius 1 is 1.07 bits per heavy atom. The van der Waals surface area contributed by atoms with Crippen LogP contribution in [-0.4, -0.2) is 37.3 Å². The second-order valence-corrected chi connectivity index (χ2v) is 4.49. The number of nitrogens with zero attached hydrogens (tertiary/aromatic N) is 1. The van der Waals surface area contributed by atoms with Crippen LogP contribution < -0.4 is 0 Å². The van der Waals surface area contributed by atoms with Gasteiger partial charge in [0.2, 0.25) is 0 Å². The fourth-order valence-corrected chi connectivity index (χ4v) is 1.68.